The minimum absolute atomic E-state index is 0.133. The first kappa shape index (κ1) is 12.6. The summed E-state index contributed by atoms with van der Waals surface area (Å²) in [5, 5.41) is 5.60. The van der Waals surface area contributed by atoms with Crippen molar-refractivity contribution >= 4 is 50.2 Å². The lowest BCUT2D eigenvalue weighted by Gasteiger charge is -2.22. The molecule has 8 heteroatoms. The Bertz CT molecular complexity index is 597. The summed E-state index contributed by atoms with van der Waals surface area (Å²) in [6, 6.07) is 0.259. The topological polar surface area (TPSA) is 52.8 Å². The van der Waals surface area contributed by atoms with Crippen molar-refractivity contribution < 1.29 is 4.74 Å². The number of nitrogens with zero attached hydrogens (tertiary/aromatic N) is 4. The molecule has 2 aromatic heterocycles. The van der Waals surface area contributed by atoms with Crippen LogP contribution in [0, 0.1) is 0 Å². The van der Waals surface area contributed by atoms with Gasteiger partial charge >= 0.3 is 0 Å². The maximum Gasteiger partial charge on any atom is 0.225 e. The number of rotatable bonds is 1. The van der Waals surface area contributed by atoms with Gasteiger partial charge in [0, 0.05) is 13.2 Å². The van der Waals surface area contributed by atoms with Crippen molar-refractivity contribution in [1.29, 1.82) is 0 Å². The van der Waals surface area contributed by atoms with E-state index in [1.807, 2.05) is 4.68 Å². The van der Waals surface area contributed by atoms with Gasteiger partial charge in [-0.05, 0) is 40.4 Å². The molecule has 1 fully saturated rings. The zero-order chi connectivity index (χ0) is 12.7. The van der Waals surface area contributed by atoms with Crippen molar-refractivity contribution in [1.82, 2.24) is 19.7 Å². The van der Waals surface area contributed by atoms with E-state index in [-0.39, 0.29) is 11.3 Å². The first-order valence-electron chi connectivity index (χ1n) is 5.51. The van der Waals surface area contributed by atoms with Crippen LogP contribution in [-0.2, 0) is 4.74 Å². The Morgan fingerprint density at radius 1 is 1.22 bits per heavy atom. The molecule has 3 heterocycles. The molecule has 18 heavy (non-hydrogen) atoms. The summed E-state index contributed by atoms with van der Waals surface area (Å²) in [7, 11) is 0. The zero-order valence-corrected chi connectivity index (χ0v) is 12.3. The number of fused-ring (bicyclic) bond motifs is 1. The molecule has 1 aliphatic heterocycles. The Morgan fingerprint density at radius 3 is 2.67 bits per heavy atom. The molecule has 0 aliphatic carbocycles. The largest absolute Gasteiger partial charge is 0.381 e. The molecule has 0 radical (unpaired) electrons. The summed E-state index contributed by atoms with van der Waals surface area (Å²) in [4.78, 5) is 8.16. The van der Waals surface area contributed by atoms with E-state index in [2.05, 4.69) is 31.0 Å². The van der Waals surface area contributed by atoms with E-state index >= 15 is 0 Å². The van der Waals surface area contributed by atoms with Crippen molar-refractivity contribution in [3.05, 3.63) is 15.0 Å². The molecule has 0 aromatic carbocycles. The predicted molar refractivity (Wildman–Crippen MR) is 72.1 cm³/mol. The summed E-state index contributed by atoms with van der Waals surface area (Å²) in [6.07, 6.45) is 1.81. The summed E-state index contributed by atoms with van der Waals surface area (Å²) >= 11 is 15.3. The van der Waals surface area contributed by atoms with Crippen LogP contribution >= 0.6 is 39.1 Å². The lowest BCUT2D eigenvalue weighted by atomic mass is 10.1. The lowest BCUT2D eigenvalue weighted by molar-refractivity contribution is 0.0672. The smallest absolute Gasteiger partial charge is 0.225 e. The van der Waals surface area contributed by atoms with Crippen molar-refractivity contribution in [2.24, 2.45) is 0 Å². The average molecular weight is 352 g/mol. The summed E-state index contributed by atoms with van der Waals surface area (Å²) < 4.78 is 7.86. The predicted octanol–water partition coefficient (Wildman–Crippen LogP) is 3.25. The van der Waals surface area contributed by atoms with Gasteiger partial charge in [-0.1, -0.05) is 11.6 Å². The van der Waals surface area contributed by atoms with Crippen molar-refractivity contribution in [2.75, 3.05) is 13.2 Å². The second-order valence-corrected chi connectivity index (χ2v) is 5.51. The van der Waals surface area contributed by atoms with E-state index in [1.54, 1.807) is 0 Å². The molecule has 1 saturated heterocycles. The van der Waals surface area contributed by atoms with Gasteiger partial charge in [0.25, 0.3) is 0 Å². The second kappa shape index (κ2) is 4.92. The molecule has 5 nitrogen and oxygen atoms in total. The molecular weight excluding hydrogens is 343 g/mol. The number of aromatic nitrogens is 4. The van der Waals surface area contributed by atoms with Crippen LogP contribution in [0.25, 0.3) is 11.0 Å². The maximum atomic E-state index is 6.08. The molecule has 0 saturated carbocycles. The SMILES string of the molecule is Clc1nc(Cl)c2c(Br)nn(C3CCOCC3)c2n1. The van der Waals surface area contributed by atoms with Gasteiger partial charge in [-0.15, -0.1) is 0 Å². The van der Waals surface area contributed by atoms with Crippen molar-refractivity contribution in [3.63, 3.8) is 0 Å². The molecule has 0 amide bonds. The molecule has 0 spiro atoms. The highest BCUT2D eigenvalue weighted by Gasteiger charge is 2.23. The van der Waals surface area contributed by atoms with E-state index in [9.17, 15) is 0 Å². The maximum absolute atomic E-state index is 6.08. The average Bonchev–Trinajstić information content (AvgIpc) is 2.67. The van der Waals surface area contributed by atoms with Gasteiger partial charge in [-0.25, -0.2) is 9.67 Å². The van der Waals surface area contributed by atoms with Crippen LogP contribution in [0.5, 0.6) is 0 Å². The van der Waals surface area contributed by atoms with Gasteiger partial charge in [-0.2, -0.15) is 10.1 Å². The van der Waals surface area contributed by atoms with Crippen LogP contribution < -0.4 is 0 Å². The minimum atomic E-state index is 0.133. The highest BCUT2D eigenvalue weighted by atomic mass is 79.9. The number of halogens is 3. The fourth-order valence-electron chi connectivity index (χ4n) is 2.12. The van der Waals surface area contributed by atoms with Crippen LogP contribution in [-0.4, -0.2) is 33.0 Å². The highest BCUT2D eigenvalue weighted by molar-refractivity contribution is 9.10. The van der Waals surface area contributed by atoms with Gasteiger partial charge in [0.15, 0.2) is 5.65 Å². The molecule has 3 rings (SSSR count). The fourth-order valence-corrected chi connectivity index (χ4v) is 3.23. The standard InChI is InChI=1S/C10H9BrCl2N4O/c11-7-6-8(12)14-10(13)15-9(6)17(16-7)5-1-3-18-4-2-5/h5H,1-4H2. The minimum Gasteiger partial charge on any atom is -0.381 e. The van der Waals surface area contributed by atoms with E-state index in [0.29, 0.717) is 20.8 Å². The van der Waals surface area contributed by atoms with Gasteiger partial charge in [0.05, 0.1) is 11.4 Å². The first-order chi connectivity index (χ1) is 8.66. The van der Waals surface area contributed by atoms with E-state index in [4.69, 9.17) is 27.9 Å². The molecular formula is C10H9BrCl2N4O. The van der Waals surface area contributed by atoms with Crippen LogP contribution in [0.1, 0.15) is 18.9 Å². The number of ether oxygens (including phenoxy) is 1. The summed E-state index contributed by atoms with van der Waals surface area (Å²) in [5.74, 6) is 0. The molecule has 0 N–H and O–H groups in total. The van der Waals surface area contributed by atoms with Crippen LogP contribution in [0.4, 0.5) is 0 Å². The van der Waals surface area contributed by atoms with E-state index < -0.39 is 0 Å². The molecule has 1 aliphatic rings. The third-order valence-electron chi connectivity index (χ3n) is 2.97. The molecule has 96 valence electrons. The molecule has 0 unspecified atom stereocenters. The summed E-state index contributed by atoms with van der Waals surface area (Å²) in [5.41, 5.74) is 0.666. The van der Waals surface area contributed by atoms with Crippen molar-refractivity contribution in [2.45, 2.75) is 18.9 Å². The molecule has 0 atom stereocenters. The van der Waals surface area contributed by atoms with Gasteiger partial charge in [0.1, 0.15) is 9.76 Å². The number of hydrogen-bond acceptors (Lipinski definition) is 4. The van der Waals surface area contributed by atoms with Gasteiger partial charge in [0.2, 0.25) is 5.28 Å². The zero-order valence-electron chi connectivity index (χ0n) is 9.24. The Balaban J connectivity index is 2.17. The first-order valence-corrected chi connectivity index (χ1v) is 7.06. The molecule has 2 aromatic rings. The molecule has 0 bridgehead atoms. The highest BCUT2D eigenvalue weighted by Crippen LogP contribution is 2.32. The monoisotopic (exact) mass is 350 g/mol. The van der Waals surface area contributed by atoms with E-state index in [1.165, 1.54) is 0 Å². The number of hydrogen-bond donors (Lipinski definition) is 0. The quantitative estimate of drug-likeness (QED) is 0.584. The lowest BCUT2D eigenvalue weighted by Crippen LogP contribution is -2.20. The Labute approximate surface area is 122 Å². The third-order valence-corrected chi connectivity index (χ3v) is 3.97. The Kier molecular flexibility index (Phi) is 3.44. The second-order valence-electron chi connectivity index (χ2n) is 4.06. The van der Waals surface area contributed by atoms with Crippen LogP contribution in [0.15, 0.2) is 4.60 Å². The summed E-state index contributed by atoms with van der Waals surface area (Å²) in [6.45, 7) is 1.46. The van der Waals surface area contributed by atoms with Gasteiger partial charge < -0.3 is 4.74 Å². The van der Waals surface area contributed by atoms with Crippen molar-refractivity contribution in [3.8, 4) is 0 Å². The van der Waals surface area contributed by atoms with Gasteiger partial charge in [-0.3, -0.25) is 0 Å². The van der Waals surface area contributed by atoms with Crippen LogP contribution in [0.2, 0.25) is 10.4 Å². The Morgan fingerprint density at radius 2 is 1.94 bits per heavy atom. The third kappa shape index (κ3) is 2.11. The normalized spacial score (nSPS) is 17.5. The van der Waals surface area contributed by atoms with Crippen LogP contribution in [0.3, 0.4) is 0 Å². The Hall–Kier alpha value is -0.430. The fraction of sp³-hybridized carbons (Fsp3) is 0.500. The van der Waals surface area contributed by atoms with E-state index in [0.717, 1.165) is 26.1 Å².